The number of rotatable bonds is 4. The van der Waals surface area contributed by atoms with E-state index in [1.165, 1.54) is 12.1 Å². The molecule has 0 fully saturated rings. The molecule has 0 aliphatic heterocycles. The molecule has 0 atom stereocenters. The summed E-state index contributed by atoms with van der Waals surface area (Å²) in [7, 11) is 1.68. The predicted octanol–water partition coefficient (Wildman–Crippen LogP) is 2.44. The van der Waals surface area contributed by atoms with E-state index in [2.05, 4.69) is 38.1 Å². The summed E-state index contributed by atoms with van der Waals surface area (Å²) in [6.45, 7) is 4.75. The van der Waals surface area contributed by atoms with Gasteiger partial charge in [0.25, 0.3) is 0 Å². The molecular formula is C12H15BrFN3. The van der Waals surface area contributed by atoms with Gasteiger partial charge >= 0.3 is 0 Å². The van der Waals surface area contributed by atoms with Gasteiger partial charge in [-0.3, -0.25) is 4.99 Å². The second kappa shape index (κ2) is 7.06. The second-order valence-electron chi connectivity index (χ2n) is 3.37. The fourth-order valence-electron chi connectivity index (χ4n) is 1.29. The average Bonchev–Trinajstić information content (AvgIpc) is 2.28. The Labute approximate surface area is 109 Å². The number of hydrogen-bond donors (Lipinski definition) is 2. The Morgan fingerprint density at radius 3 is 2.82 bits per heavy atom. The van der Waals surface area contributed by atoms with E-state index in [9.17, 15) is 4.39 Å². The number of hydrogen-bond acceptors (Lipinski definition) is 1. The smallest absolute Gasteiger partial charge is 0.191 e. The molecule has 0 saturated carbocycles. The van der Waals surface area contributed by atoms with Crippen LogP contribution in [0.4, 0.5) is 4.39 Å². The van der Waals surface area contributed by atoms with Gasteiger partial charge in [-0.2, -0.15) is 0 Å². The molecule has 3 nitrogen and oxygen atoms in total. The molecule has 0 unspecified atom stereocenters. The molecule has 0 aromatic heterocycles. The molecule has 92 valence electrons. The Morgan fingerprint density at radius 1 is 1.47 bits per heavy atom. The second-order valence-corrected chi connectivity index (χ2v) is 4.29. The average molecular weight is 300 g/mol. The van der Waals surface area contributed by atoms with Gasteiger partial charge in [-0.1, -0.05) is 22.0 Å². The molecule has 5 heteroatoms. The molecule has 0 saturated heterocycles. The number of nitrogens with zero attached hydrogens (tertiary/aromatic N) is 1. The van der Waals surface area contributed by atoms with Crippen molar-refractivity contribution in [3.63, 3.8) is 0 Å². The van der Waals surface area contributed by atoms with Crippen LogP contribution in [0, 0.1) is 5.82 Å². The molecule has 0 aliphatic carbocycles. The van der Waals surface area contributed by atoms with Gasteiger partial charge in [-0.15, -0.1) is 6.58 Å². The summed E-state index contributed by atoms with van der Waals surface area (Å²) in [5.41, 5.74) is 0.846. The standard InChI is InChI=1S/C12H15BrFN3/c1-3-4-16-12(15-2)17-8-9-5-10(13)7-11(14)6-9/h3,5-7H,1,4,8H2,2H3,(H2,15,16,17). The maximum Gasteiger partial charge on any atom is 0.191 e. The zero-order valence-electron chi connectivity index (χ0n) is 9.63. The van der Waals surface area contributed by atoms with Crippen molar-refractivity contribution in [1.29, 1.82) is 0 Å². The predicted molar refractivity (Wildman–Crippen MR) is 72.5 cm³/mol. The summed E-state index contributed by atoms with van der Waals surface area (Å²) in [5.74, 6) is 0.399. The Bertz CT molecular complexity index is 398. The third-order valence-electron chi connectivity index (χ3n) is 2.02. The fourth-order valence-corrected chi connectivity index (χ4v) is 1.80. The van der Waals surface area contributed by atoms with Crippen LogP contribution in [0.1, 0.15) is 5.56 Å². The summed E-state index contributed by atoms with van der Waals surface area (Å²) in [6.07, 6.45) is 1.74. The monoisotopic (exact) mass is 299 g/mol. The topological polar surface area (TPSA) is 36.4 Å². The summed E-state index contributed by atoms with van der Waals surface area (Å²) in [6, 6.07) is 4.77. The van der Waals surface area contributed by atoms with Gasteiger partial charge in [-0.25, -0.2) is 4.39 Å². The first-order chi connectivity index (χ1) is 8.15. The molecule has 0 amide bonds. The Morgan fingerprint density at radius 2 is 2.24 bits per heavy atom. The van der Waals surface area contributed by atoms with Crippen molar-refractivity contribution >= 4 is 21.9 Å². The van der Waals surface area contributed by atoms with Crippen molar-refractivity contribution in [3.05, 3.63) is 46.7 Å². The molecule has 17 heavy (non-hydrogen) atoms. The van der Waals surface area contributed by atoms with Gasteiger partial charge in [0, 0.05) is 24.6 Å². The van der Waals surface area contributed by atoms with Gasteiger partial charge in [0.05, 0.1) is 0 Å². The quantitative estimate of drug-likeness (QED) is 0.509. The maximum atomic E-state index is 13.1. The van der Waals surface area contributed by atoms with Gasteiger partial charge in [0.1, 0.15) is 5.82 Å². The lowest BCUT2D eigenvalue weighted by molar-refractivity contribution is 0.623. The van der Waals surface area contributed by atoms with Gasteiger partial charge in [-0.05, 0) is 23.8 Å². The molecule has 1 aromatic rings. The van der Waals surface area contributed by atoms with Crippen LogP contribution in [0.15, 0.2) is 40.3 Å². The number of halogens is 2. The highest BCUT2D eigenvalue weighted by Gasteiger charge is 2.00. The molecule has 0 spiro atoms. The fraction of sp³-hybridized carbons (Fsp3) is 0.250. The van der Waals surface area contributed by atoms with Crippen molar-refractivity contribution in [1.82, 2.24) is 10.6 Å². The highest BCUT2D eigenvalue weighted by molar-refractivity contribution is 9.10. The van der Waals surface area contributed by atoms with Crippen LogP contribution in [0.2, 0.25) is 0 Å². The van der Waals surface area contributed by atoms with Crippen molar-refractivity contribution in [2.45, 2.75) is 6.54 Å². The first kappa shape index (κ1) is 13.7. The molecule has 1 rings (SSSR count). The van der Waals surface area contributed by atoms with E-state index in [1.807, 2.05) is 6.07 Å². The van der Waals surface area contributed by atoms with E-state index in [-0.39, 0.29) is 5.82 Å². The Hall–Kier alpha value is -1.36. The minimum Gasteiger partial charge on any atom is -0.353 e. The number of benzene rings is 1. The minimum absolute atomic E-state index is 0.259. The summed E-state index contributed by atoms with van der Waals surface area (Å²) < 4.78 is 13.8. The molecule has 0 aliphatic rings. The summed E-state index contributed by atoms with van der Waals surface area (Å²) in [4.78, 5) is 4.03. The largest absolute Gasteiger partial charge is 0.353 e. The van der Waals surface area contributed by atoms with Crippen LogP contribution in [0.3, 0.4) is 0 Å². The SMILES string of the molecule is C=CCNC(=NC)NCc1cc(F)cc(Br)c1. The lowest BCUT2D eigenvalue weighted by Gasteiger charge is -2.10. The number of guanidine groups is 1. The van der Waals surface area contributed by atoms with E-state index in [0.29, 0.717) is 19.0 Å². The van der Waals surface area contributed by atoms with Gasteiger partial charge in [0.2, 0.25) is 0 Å². The zero-order valence-corrected chi connectivity index (χ0v) is 11.2. The van der Waals surface area contributed by atoms with Crippen LogP contribution in [-0.2, 0) is 6.54 Å². The van der Waals surface area contributed by atoms with E-state index < -0.39 is 0 Å². The number of aliphatic imine (C=N–C) groups is 1. The summed E-state index contributed by atoms with van der Waals surface area (Å²) >= 11 is 3.25. The third-order valence-corrected chi connectivity index (χ3v) is 2.48. The van der Waals surface area contributed by atoms with Crippen molar-refractivity contribution < 1.29 is 4.39 Å². The molecule has 2 N–H and O–H groups in total. The van der Waals surface area contributed by atoms with Crippen molar-refractivity contribution in [2.24, 2.45) is 4.99 Å². The maximum absolute atomic E-state index is 13.1. The first-order valence-corrected chi connectivity index (χ1v) is 5.95. The normalized spacial score (nSPS) is 11.1. The van der Waals surface area contributed by atoms with Crippen molar-refractivity contribution in [2.75, 3.05) is 13.6 Å². The highest BCUT2D eigenvalue weighted by Crippen LogP contribution is 2.14. The van der Waals surface area contributed by atoms with Crippen LogP contribution in [0.5, 0.6) is 0 Å². The minimum atomic E-state index is -0.259. The first-order valence-electron chi connectivity index (χ1n) is 5.16. The Balaban J connectivity index is 2.56. The molecule has 0 heterocycles. The van der Waals surface area contributed by atoms with Gasteiger partial charge < -0.3 is 10.6 Å². The van der Waals surface area contributed by atoms with Crippen LogP contribution < -0.4 is 10.6 Å². The molecule has 0 radical (unpaired) electrons. The van der Waals surface area contributed by atoms with Crippen molar-refractivity contribution in [3.8, 4) is 0 Å². The van der Waals surface area contributed by atoms with E-state index in [0.717, 1.165) is 10.0 Å². The van der Waals surface area contributed by atoms with Crippen LogP contribution >= 0.6 is 15.9 Å². The summed E-state index contributed by atoms with van der Waals surface area (Å²) in [5, 5.41) is 6.11. The molecular weight excluding hydrogens is 285 g/mol. The number of nitrogens with one attached hydrogen (secondary N) is 2. The zero-order chi connectivity index (χ0) is 12.7. The highest BCUT2D eigenvalue weighted by atomic mass is 79.9. The molecule has 1 aromatic carbocycles. The lowest BCUT2D eigenvalue weighted by atomic mass is 10.2. The van der Waals surface area contributed by atoms with Gasteiger partial charge in [0.15, 0.2) is 5.96 Å². The van der Waals surface area contributed by atoms with Crippen LogP contribution in [-0.4, -0.2) is 19.6 Å². The Kier molecular flexibility index (Phi) is 5.69. The molecule has 0 bridgehead atoms. The van der Waals surface area contributed by atoms with E-state index in [1.54, 1.807) is 13.1 Å². The van der Waals surface area contributed by atoms with E-state index >= 15 is 0 Å². The third kappa shape index (κ3) is 4.99. The van der Waals surface area contributed by atoms with Crippen LogP contribution in [0.25, 0.3) is 0 Å². The van der Waals surface area contributed by atoms with E-state index in [4.69, 9.17) is 0 Å². The lowest BCUT2D eigenvalue weighted by Crippen LogP contribution is -2.36.